The lowest BCUT2D eigenvalue weighted by molar-refractivity contribution is -0.250. The summed E-state index contributed by atoms with van der Waals surface area (Å²) in [7, 11) is 0. The molecule has 0 amide bonds. The smallest absolute Gasteiger partial charge is 0.309 e. The largest absolute Gasteiger partial charge is 0.481 e. The van der Waals surface area contributed by atoms with E-state index in [1.54, 1.807) is 6.92 Å². The summed E-state index contributed by atoms with van der Waals surface area (Å²) in [5.41, 5.74) is 0.504. The highest BCUT2D eigenvalue weighted by Crippen LogP contribution is 2.77. The molecular weight excluding hydrogens is 536 g/mol. The highest BCUT2D eigenvalue weighted by Gasteiger charge is 2.72. The van der Waals surface area contributed by atoms with Crippen LogP contribution in [0.1, 0.15) is 139 Å². The molecule has 0 heterocycles. The molecule has 0 bridgehead atoms. The number of aliphatic carboxylic acids is 1. The van der Waals surface area contributed by atoms with Crippen molar-refractivity contribution in [1.82, 2.24) is 0 Å². The number of ketones is 1. The van der Waals surface area contributed by atoms with Crippen LogP contribution in [0.5, 0.6) is 0 Å². The second-order valence-corrected chi connectivity index (χ2v) is 18.2. The zero-order chi connectivity index (χ0) is 32.0. The van der Waals surface area contributed by atoms with Gasteiger partial charge in [-0.25, -0.2) is 0 Å². The monoisotopic (exact) mass is 596 g/mol. The minimum atomic E-state index is -0.582. The Morgan fingerprint density at radius 1 is 0.814 bits per heavy atom. The first-order valence-corrected chi connectivity index (χ1v) is 17.3. The first kappa shape index (κ1) is 32.7. The summed E-state index contributed by atoms with van der Waals surface area (Å²) in [5, 5.41) is 10.6. The standard InChI is InChI=1S/C38H60O5/c1-23(2)25-13-18-38(32(41)42)20-19-36(9)26(31(25)38)11-12-28-35(8)16-15-29(34(6,7)27(35)14-17-37(28,36)10)43-30(40)22-33(4,5)21-24(3)39/h25-29,31H,1,11-22H2,2-10H3,(H,41,42)/t25-,26+,27?,28?,29-,31?,35-,36+,37+,38-/m0/s1. The van der Waals surface area contributed by atoms with Gasteiger partial charge in [0.2, 0.25) is 0 Å². The molecule has 5 nitrogen and oxygen atoms in total. The number of carboxylic acids is 1. The Labute approximate surface area is 261 Å². The van der Waals surface area contributed by atoms with Crippen LogP contribution in [0.25, 0.3) is 0 Å². The topological polar surface area (TPSA) is 80.7 Å². The summed E-state index contributed by atoms with van der Waals surface area (Å²) in [4.78, 5) is 37.8. The molecule has 242 valence electrons. The zero-order valence-electron chi connectivity index (χ0n) is 28.7. The second-order valence-electron chi connectivity index (χ2n) is 18.2. The van der Waals surface area contributed by atoms with Crippen LogP contribution in [-0.4, -0.2) is 28.9 Å². The summed E-state index contributed by atoms with van der Waals surface area (Å²) in [6, 6.07) is 0. The number of hydrogen-bond donors (Lipinski definition) is 1. The fourth-order valence-corrected chi connectivity index (χ4v) is 13.0. The van der Waals surface area contributed by atoms with E-state index in [2.05, 4.69) is 48.1 Å². The molecule has 5 fully saturated rings. The third kappa shape index (κ3) is 4.79. The Hall–Kier alpha value is -1.65. The molecule has 43 heavy (non-hydrogen) atoms. The van der Waals surface area contributed by atoms with Crippen molar-refractivity contribution in [3.63, 3.8) is 0 Å². The fraction of sp³-hybridized carbons (Fsp3) is 0.868. The molecule has 0 aliphatic heterocycles. The van der Waals surface area contributed by atoms with Crippen LogP contribution in [0.2, 0.25) is 0 Å². The SMILES string of the molecule is C=C(C)[C@@H]1CC[C@]2(C(=O)O)CC[C@]3(C)[C@H](CCC4[C@@]5(C)CC[C@H](OC(=O)CC(C)(C)CC(C)=O)C(C)(C)C5CC[C@]43C)C12. The normalized spacial score (nSPS) is 45.1. The average molecular weight is 597 g/mol. The van der Waals surface area contributed by atoms with Crippen molar-refractivity contribution < 1.29 is 24.2 Å². The molecule has 0 spiro atoms. The van der Waals surface area contributed by atoms with Crippen LogP contribution < -0.4 is 0 Å². The number of carbonyl (C=O) groups is 3. The highest BCUT2D eigenvalue weighted by atomic mass is 16.5. The van der Waals surface area contributed by atoms with Crippen LogP contribution in [0.4, 0.5) is 0 Å². The van der Waals surface area contributed by atoms with Crippen molar-refractivity contribution in [2.24, 2.45) is 62.1 Å². The molecule has 3 unspecified atom stereocenters. The van der Waals surface area contributed by atoms with Gasteiger partial charge in [-0.15, -0.1) is 0 Å². The lowest BCUT2D eigenvalue weighted by Gasteiger charge is -2.72. The summed E-state index contributed by atoms with van der Waals surface area (Å²) in [5.74, 6) is 1.35. The van der Waals surface area contributed by atoms with Gasteiger partial charge in [-0.1, -0.05) is 60.6 Å². The zero-order valence-corrected chi connectivity index (χ0v) is 28.7. The lowest BCUT2D eigenvalue weighted by Crippen LogP contribution is -2.67. The minimum absolute atomic E-state index is 0.106. The molecule has 5 aliphatic carbocycles. The van der Waals surface area contributed by atoms with E-state index in [0.717, 1.165) is 57.8 Å². The van der Waals surface area contributed by atoms with E-state index in [0.29, 0.717) is 30.1 Å². The van der Waals surface area contributed by atoms with Gasteiger partial charge in [-0.05, 0) is 129 Å². The maximum Gasteiger partial charge on any atom is 0.309 e. The summed E-state index contributed by atoms with van der Waals surface area (Å²) in [6.07, 6.45) is 10.6. The maximum absolute atomic E-state index is 13.2. The van der Waals surface area contributed by atoms with Gasteiger partial charge in [-0.3, -0.25) is 9.59 Å². The number of allylic oxidation sites excluding steroid dienone is 1. The third-order valence-electron chi connectivity index (χ3n) is 15.1. The fourth-order valence-electron chi connectivity index (χ4n) is 13.0. The molecule has 0 saturated heterocycles. The van der Waals surface area contributed by atoms with Crippen molar-refractivity contribution in [3.8, 4) is 0 Å². The molecule has 5 saturated carbocycles. The molecule has 0 aromatic heterocycles. The van der Waals surface area contributed by atoms with Crippen molar-refractivity contribution in [2.75, 3.05) is 0 Å². The Balaban J connectivity index is 1.40. The van der Waals surface area contributed by atoms with Gasteiger partial charge in [0, 0.05) is 11.8 Å². The highest BCUT2D eigenvalue weighted by molar-refractivity contribution is 5.78. The van der Waals surface area contributed by atoms with Gasteiger partial charge >= 0.3 is 11.9 Å². The van der Waals surface area contributed by atoms with Gasteiger partial charge in [0.05, 0.1) is 11.8 Å². The number of carboxylic acid groups (broad SMARTS) is 1. The van der Waals surface area contributed by atoms with Gasteiger partial charge in [0.1, 0.15) is 11.9 Å². The Kier molecular flexibility index (Phi) is 7.95. The second kappa shape index (κ2) is 10.4. The van der Waals surface area contributed by atoms with Crippen LogP contribution in [0, 0.1) is 62.1 Å². The molecule has 0 radical (unpaired) electrons. The first-order chi connectivity index (χ1) is 19.7. The van der Waals surface area contributed by atoms with Crippen molar-refractivity contribution in [2.45, 2.75) is 145 Å². The molecule has 1 N–H and O–H groups in total. The number of Topliss-reactive ketones (excluding diaryl/α,β-unsaturated/α-hetero) is 1. The minimum Gasteiger partial charge on any atom is -0.481 e. The first-order valence-electron chi connectivity index (χ1n) is 17.3. The Bertz CT molecular complexity index is 1180. The lowest BCUT2D eigenvalue weighted by atomic mass is 9.32. The molecule has 0 aromatic carbocycles. The van der Waals surface area contributed by atoms with E-state index in [9.17, 15) is 19.5 Å². The van der Waals surface area contributed by atoms with Gasteiger partial charge in [0.25, 0.3) is 0 Å². The van der Waals surface area contributed by atoms with E-state index in [1.165, 1.54) is 12.0 Å². The van der Waals surface area contributed by atoms with Crippen LogP contribution in [-0.2, 0) is 19.1 Å². The van der Waals surface area contributed by atoms with Crippen LogP contribution in [0.15, 0.2) is 12.2 Å². The number of rotatable bonds is 7. The maximum atomic E-state index is 13.2. The van der Waals surface area contributed by atoms with Crippen LogP contribution >= 0.6 is 0 Å². The Morgan fingerprint density at radius 3 is 2.09 bits per heavy atom. The average Bonchev–Trinajstić information content (AvgIpc) is 3.26. The van der Waals surface area contributed by atoms with E-state index in [-0.39, 0.29) is 51.9 Å². The predicted molar refractivity (Wildman–Crippen MR) is 170 cm³/mol. The van der Waals surface area contributed by atoms with E-state index >= 15 is 0 Å². The molecule has 5 rings (SSSR count). The number of carbonyl (C=O) groups excluding carboxylic acids is 2. The molecule has 10 atom stereocenters. The number of ether oxygens (including phenoxy) is 1. The van der Waals surface area contributed by atoms with Crippen molar-refractivity contribution in [3.05, 3.63) is 12.2 Å². The summed E-state index contributed by atoms with van der Waals surface area (Å²) < 4.78 is 6.29. The number of hydrogen-bond acceptors (Lipinski definition) is 4. The Morgan fingerprint density at radius 2 is 1.49 bits per heavy atom. The predicted octanol–water partition coefficient (Wildman–Crippen LogP) is 9.04. The molecule has 5 heteroatoms. The summed E-state index contributed by atoms with van der Waals surface area (Å²) >= 11 is 0. The van der Waals surface area contributed by atoms with E-state index in [4.69, 9.17) is 4.74 Å². The third-order valence-corrected chi connectivity index (χ3v) is 15.1. The van der Waals surface area contributed by atoms with Gasteiger partial charge in [0.15, 0.2) is 0 Å². The quantitative estimate of drug-likeness (QED) is 0.234. The molecular formula is C38H60O5. The molecule has 5 aliphatic rings. The summed E-state index contributed by atoms with van der Waals surface area (Å²) in [6.45, 7) is 24.4. The van der Waals surface area contributed by atoms with Gasteiger partial charge < -0.3 is 14.6 Å². The number of esters is 1. The van der Waals surface area contributed by atoms with E-state index < -0.39 is 16.8 Å². The van der Waals surface area contributed by atoms with Crippen molar-refractivity contribution in [1.29, 1.82) is 0 Å². The van der Waals surface area contributed by atoms with Crippen LogP contribution in [0.3, 0.4) is 0 Å². The molecule has 0 aromatic rings. The van der Waals surface area contributed by atoms with Crippen molar-refractivity contribution >= 4 is 17.7 Å². The van der Waals surface area contributed by atoms with Gasteiger partial charge in [-0.2, -0.15) is 0 Å². The van der Waals surface area contributed by atoms with E-state index in [1.807, 2.05) is 13.8 Å². The number of fused-ring (bicyclic) bond motifs is 7.